The van der Waals surface area contributed by atoms with Crippen LogP contribution in [0.25, 0.3) is 11.1 Å². The van der Waals surface area contributed by atoms with Gasteiger partial charge in [0.25, 0.3) is 5.91 Å². The van der Waals surface area contributed by atoms with Gasteiger partial charge in [-0.3, -0.25) is 9.59 Å². The topological polar surface area (TPSA) is 141 Å². The number of amides is 1. The number of rotatable bonds is 12. The fraction of sp³-hybridized carbons (Fsp3) is 0.395. The van der Waals surface area contributed by atoms with E-state index < -0.39 is 27.9 Å². The maximum atomic E-state index is 15.6. The molecule has 0 bridgehead atoms. The molecule has 1 atom stereocenters. The minimum Gasteiger partial charge on any atom is -0.496 e. The molecule has 3 aliphatic carbocycles. The van der Waals surface area contributed by atoms with E-state index in [1.807, 2.05) is 24.3 Å². The summed E-state index contributed by atoms with van der Waals surface area (Å²) in [4.78, 5) is 35.1. The Morgan fingerprint density at radius 2 is 1.76 bits per heavy atom. The van der Waals surface area contributed by atoms with Crippen LogP contribution in [-0.4, -0.2) is 53.1 Å². The second-order valence-corrected chi connectivity index (χ2v) is 17.0. The lowest BCUT2D eigenvalue weighted by Crippen LogP contribution is -2.38. The van der Waals surface area contributed by atoms with E-state index in [2.05, 4.69) is 15.8 Å². The van der Waals surface area contributed by atoms with E-state index in [9.17, 15) is 18.0 Å². The van der Waals surface area contributed by atoms with Gasteiger partial charge in [-0.1, -0.05) is 53.5 Å². The average Bonchev–Trinajstić information content (AvgIpc) is 4.11. The van der Waals surface area contributed by atoms with E-state index in [-0.39, 0.29) is 58.1 Å². The molecule has 4 aromatic rings. The highest BCUT2D eigenvalue weighted by Crippen LogP contribution is 2.45. The second kappa shape index (κ2) is 14.5. The fourth-order valence-corrected chi connectivity index (χ4v) is 9.58. The number of hydrogen-bond donors (Lipinski definition) is 2. The molecule has 4 aliphatic rings. The van der Waals surface area contributed by atoms with Crippen molar-refractivity contribution in [3.05, 3.63) is 92.2 Å². The number of hydrogen-bond acceptors (Lipinski definition) is 9. The van der Waals surface area contributed by atoms with Gasteiger partial charge in [0.15, 0.2) is 11.6 Å². The van der Waals surface area contributed by atoms with Crippen LogP contribution in [0.1, 0.15) is 76.9 Å². The van der Waals surface area contributed by atoms with Crippen molar-refractivity contribution in [2.45, 2.75) is 69.4 Å². The van der Waals surface area contributed by atoms with Crippen LogP contribution >= 0.6 is 23.2 Å². The molecule has 2 heterocycles. The number of aromatic nitrogens is 2. The lowest BCUT2D eigenvalue weighted by Gasteiger charge is -2.25. The van der Waals surface area contributed by atoms with E-state index >= 15 is 4.39 Å². The number of benzene rings is 3. The predicted molar refractivity (Wildman–Crippen MR) is 199 cm³/mol. The molecule has 1 aliphatic heterocycles. The molecule has 0 saturated heterocycles. The van der Waals surface area contributed by atoms with Crippen molar-refractivity contribution < 1.29 is 36.7 Å². The van der Waals surface area contributed by atoms with Gasteiger partial charge in [-0.15, -0.1) is 5.48 Å². The first-order valence-corrected chi connectivity index (χ1v) is 20.1. The molecule has 1 amide bonds. The van der Waals surface area contributed by atoms with Crippen LogP contribution in [0, 0.1) is 11.7 Å². The number of halogens is 3. The number of carbonyl (C=O) groups is 2. The van der Waals surface area contributed by atoms with Crippen molar-refractivity contribution in [3.63, 3.8) is 0 Å². The summed E-state index contributed by atoms with van der Waals surface area (Å²) in [7, 11) is -0.196. The number of fused-ring (bicyclic) bond motifs is 2. The number of ether oxygens (including phenoxy) is 2. The zero-order valence-corrected chi connectivity index (χ0v) is 31.9. The number of imidazole rings is 1. The number of nitrogens with zero attached hydrogens (tertiary/aromatic N) is 3. The van der Waals surface area contributed by atoms with Gasteiger partial charge in [0.1, 0.15) is 22.6 Å². The van der Waals surface area contributed by atoms with Crippen molar-refractivity contribution in [1.82, 2.24) is 19.3 Å². The Morgan fingerprint density at radius 1 is 1.00 bits per heavy atom. The summed E-state index contributed by atoms with van der Waals surface area (Å²) in [6, 6.07) is 12.7. The Hall–Kier alpha value is -4.21. The average molecular weight is 799 g/mol. The van der Waals surface area contributed by atoms with E-state index in [0.717, 1.165) is 35.2 Å². The Labute approximate surface area is 321 Å². The zero-order valence-electron chi connectivity index (χ0n) is 29.6. The SMILES string of the molecule is COc1cc(OC2CCc3c(-c4cccc(NC(=O)c5nc6c(n5C)CCN(S(=O)(=O)C5CC5)C6)c4Cl)cccc32)c(Cl)c(F)c1CNOC(=O)C1CC1. The van der Waals surface area contributed by atoms with E-state index in [1.165, 1.54) is 17.5 Å². The minimum atomic E-state index is -3.36. The van der Waals surface area contributed by atoms with Crippen molar-refractivity contribution in [1.29, 1.82) is 0 Å². The molecule has 1 aromatic heterocycles. The molecule has 8 rings (SSSR count). The largest absolute Gasteiger partial charge is 0.496 e. The van der Waals surface area contributed by atoms with Crippen molar-refractivity contribution in [3.8, 4) is 22.6 Å². The summed E-state index contributed by atoms with van der Waals surface area (Å²) >= 11 is 13.5. The number of carbonyl (C=O) groups excluding carboxylic acids is 2. The standard InChI is InChI=1S/C38H38Cl2FN5O7S/c1-45-29-15-16-46(54(49,50)21-11-12-21)19-28(29)43-36(45)37(47)44-27-8-4-7-25(33(27)39)22-5-3-6-24-23(22)13-14-30(24)52-32-17-31(51-2)26(35(41)34(32)40)18-42-53-38(48)20-9-10-20/h3-8,17,20-21,30,42H,9-16,18-19H2,1-2H3,(H,44,47). The molecule has 3 aromatic carbocycles. The van der Waals surface area contributed by atoms with E-state index in [4.69, 9.17) is 37.5 Å². The van der Waals surface area contributed by atoms with Gasteiger partial charge in [-0.25, -0.2) is 17.8 Å². The summed E-state index contributed by atoms with van der Waals surface area (Å²) in [6.45, 7) is 0.361. The third-order valence-electron chi connectivity index (χ3n) is 10.5. The number of nitrogens with one attached hydrogen (secondary N) is 2. The number of hydroxylamine groups is 1. The summed E-state index contributed by atoms with van der Waals surface area (Å²) in [5, 5.41) is 2.73. The third kappa shape index (κ3) is 6.83. The monoisotopic (exact) mass is 797 g/mol. The molecule has 0 spiro atoms. The lowest BCUT2D eigenvalue weighted by molar-refractivity contribution is -0.153. The van der Waals surface area contributed by atoms with E-state index in [1.54, 1.807) is 23.7 Å². The number of anilines is 1. The normalized spacial score (nSPS) is 18.2. The highest BCUT2D eigenvalue weighted by Gasteiger charge is 2.42. The van der Waals surface area contributed by atoms with Crippen LogP contribution in [0.3, 0.4) is 0 Å². The first-order chi connectivity index (χ1) is 26.0. The third-order valence-corrected chi connectivity index (χ3v) is 13.6. The summed E-state index contributed by atoms with van der Waals surface area (Å²) in [5.74, 6) is -1.23. The van der Waals surface area contributed by atoms with E-state index in [0.29, 0.717) is 60.6 Å². The van der Waals surface area contributed by atoms with Gasteiger partial charge in [-0.2, -0.15) is 4.31 Å². The van der Waals surface area contributed by atoms with Crippen LogP contribution in [0.5, 0.6) is 11.5 Å². The maximum Gasteiger partial charge on any atom is 0.327 e. The van der Waals surface area contributed by atoms with Crippen LogP contribution in [0.15, 0.2) is 42.5 Å². The highest BCUT2D eigenvalue weighted by molar-refractivity contribution is 7.90. The summed E-state index contributed by atoms with van der Waals surface area (Å²) < 4.78 is 56.3. The molecule has 2 N–H and O–H groups in total. The molecule has 2 saturated carbocycles. The van der Waals surface area contributed by atoms with Gasteiger partial charge in [0, 0.05) is 42.9 Å². The molecular formula is C38H38Cl2FN5O7S. The Morgan fingerprint density at radius 3 is 2.50 bits per heavy atom. The second-order valence-electron chi connectivity index (χ2n) is 14.1. The molecule has 16 heteroatoms. The van der Waals surface area contributed by atoms with Crippen molar-refractivity contribution >= 4 is 50.8 Å². The summed E-state index contributed by atoms with van der Waals surface area (Å²) in [6.07, 6.45) is 4.18. The van der Waals surface area contributed by atoms with Gasteiger partial charge >= 0.3 is 5.97 Å². The minimum absolute atomic E-state index is 0.0997. The van der Waals surface area contributed by atoms with Crippen LogP contribution < -0.4 is 20.3 Å². The highest BCUT2D eigenvalue weighted by atomic mass is 35.5. The quantitative estimate of drug-likeness (QED) is 0.151. The molecular weight excluding hydrogens is 760 g/mol. The number of sulfonamides is 1. The predicted octanol–water partition coefficient (Wildman–Crippen LogP) is 6.67. The smallest absolute Gasteiger partial charge is 0.327 e. The Bertz CT molecular complexity index is 2290. The molecule has 284 valence electrons. The molecule has 54 heavy (non-hydrogen) atoms. The van der Waals surface area contributed by atoms with Gasteiger partial charge in [-0.05, 0) is 61.3 Å². The van der Waals surface area contributed by atoms with Crippen LogP contribution in [-0.2, 0) is 52.6 Å². The van der Waals surface area contributed by atoms with Gasteiger partial charge in [0.05, 0.1) is 47.8 Å². The van der Waals surface area contributed by atoms with Crippen LogP contribution in [0.4, 0.5) is 10.1 Å². The van der Waals surface area contributed by atoms with Gasteiger partial charge in [0.2, 0.25) is 10.0 Å². The summed E-state index contributed by atoms with van der Waals surface area (Å²) in [5.41, 5.74) is 7.88. The first-order valence-electron chi connectivity index (χ1n) is 17.9. The zero-order chi connectivity index (χ0) is 37.9. The molecule has 0 radical (unpaired) electrons. The fourth-order valence-electron chi connectivity index (χ4n) is 7.29. The Kier molecular flexibility index (Phi) is 9.84. The number of methoxy groups -OCH3 is 1. The molecule has 2 fully saturated rings. The lowest BCUT2D eigenvalue weighted by atomic mass is 9.96. The van der Waals surface area contributed by atoms with Crippen molar-refractivity contribution in [2.24, 2.45) is 13.0 Å². The first kappa shape index (κ1) is 36.8. The molecule has 12 nitrogen and oxygen atoms in total. The maximum absolute atomic E-state index is 15.6. The molecule has 1 unspecified atom stereocenters. The van der Waals surface area contributed by atoms with Gasteiger partial charge < -0.3 is 24.2 Å². The Balaban J connectivity index is 0.993. The van der Waals surface area contributed by atoms with Crippen LogP contribution in [0.2, 0.25) is 10.0 Å². The van der Waals surface area contributed by atoms with Crippen molar-refractivity contribution in [2.75, 3.05) is 19.0 Å².